The molecule has 1 aromatic heterocycles. The summed E-state index contributed by atoms with van der Waals surface area (Å²) in [4.78, 5) is 0. The number of benzene rings is 1. The van der Waals surface area contributed by atoms with E-state index in [-0.39, 0.29) is 6.04 Å². The lowest BCUT2D eigenvalue weighted by atomic mass is 10.0. The molecule has 0 saturated carbocycles. The number of aryl methyl sites for hydroxylation is 1. The Morgan fingerprint density at radius 2 is 2.06 bits per heavy atom. The Bertz CT molecular complexity index is 513. The van der Waals surface area contributed by atoms with Gasteiger partial charge in [-0.15, -0.1) is 0 Å². The van der Waals surface area contributed by atoms with Crippen LogP contribution in [0, 0.1) is 0 Å². The van der Waals surface area contributed by atoms with Gasteiger partial charge in [0.25, 0.3) is 0 Å². The second-order valence-electron chi connectivity index (χ2n) is 4.34. The Morgan fingerprint density at radius 3 is 2.81 bits per heavy atom. The Balaban J connectivity index is 2.20. The Morgan fingerprint density at radius 1 is 1.31 bits per heavy atom. The third kappa shape index (κ3) is 1.28. The van der Waals surface area contributed by atoms with Crippen molar-refractivity contribution in [2.45, 2.75) is 18.9 Å². The summed E-state index contributed by atoms with van der Waals surface area (Å²) < 4.78 is 1.98. The molecule has 0 fully saturated rings. The van der Waals surface area contributed by atoms with Gasteiger partial charge in [-0.1, -0.05) is 30.3 Å². The summed E-state index contributed by atoms with van der Waals surface area (Å²) in [6, 6.07) is 10.4. The molecular weight excluding hydrogens is 198 g/mol. The van der Waals surface area contributed by atoms with Crippen LogP contribution in [0.4, 0.5) is 0 Å². The molecule has 1 heterocycles. The van der Waals surface area contributed by atoms with E-state index in [1.54, 1.807) is 0 Å². The van der Waals surface area contributed by atoms with Gasteiger partial charge in [0.1, 0.15) is 0 Å². The molecule has 3 nitrogen and oxygen atoms in total. The highest BCUT2D eigenvalue weighted by atomic mass is 15.3. The number of nitrogens with zero attached hydrogens (tertiary/aromatic N) is 2. The number of nitrogens with two attached hydrogens (primary N) is 1. The first-order valence-corrected chi connectivity index (χ1v) is 5.64. The minimum atomic E-state index is 0.152. The van der Waals surface area contributed by atoms with Gasteiger partial charge < -0.3 is 5.73 Å². The molecule has 1 aliphatic rings. The predicted octanol–water partition coefficient (Wildman–Crippen LogP) is 2.03. The van der Waals surface area contributed by atoms with E-state index in [0.29, 0.717) is 0 Å². The predicted molar refractivity (Wildman–Crippen MR) is 63.9 cm³/mol. The lowest BCUT2D eigenvalue weighted by Gasteiger charge is -2.04. The van der Waals surface area contributed by atoms with Crippen LogP contribution in [0.3, 0.4) is 0 Å². The van der Waals surface area contributed by atoms with E-state index in [4.69, 9.17) is 5.73 Å². The van der Waals surface area contributed by atoms with Gasteiger partial charge in [-0.3, -0.25) is 4.68 Å². The SMILES string of the molecule is Cn1nc(-c2ccccc2)c2c1CCC2N. The van der Waals surface area contributed by atoms with Gasteiger partial charge in [0.05, 0.1) is 5.69 Å². The van der Waals surface area contributed by atoms with E-state index >= 15 is 0 Å². The maximum Gasteiger partial charge on any atom is 0.0973 e. The third-order valence-electron chi connectivity index (χ3n) is 3.32. The summed E-state index contributed by atoms with van der Waals surface area (Å²) in [5, 5.41) is 4.59. The first kappa shape index (κ1) is 9.60. The molecule has 3 rings (SSSR count). The summed E-state index contributed by atoms with van der Waals surface area (Å²) >= 11 is 0. The van der Waals surface area contributed by atoms with E-state index < -0.39 is 0 Å². The van der Waals surface area contributed by atoms with E-state index in [2.05, 4.69) is 17.2 Å². The molecule has 0 saturated heterocycles. The van der Waals surface area contributed by atoms with E-state index in [0.717, 1.165) is 24.1 Å². The lowest BCUT2D eigenvalue weighted by Crippen LogP contribution is -2.06. The topological polar surface area (TPSA) is 43.8 Å². The van der Waals surface area contributed by atoms with E-state index in [1.165, 1.54) is 11.3 Å². The molecular formula is C13H15N3. The number of hydrogen-bond donors (Lipinski definition) is 1. The van der Waals surface area contributed by atoms with E-state index in [1.807, 2.05) is 29.9 Å². The third-order valence-corrected chi connectivity index (χ3v) is 3.32. The zero-order valence-corrected chi connectivity index (χ0v) is 9.35. The summed E-state index contributed by atoms with van der Waals surface area (Å²) in [5.74, 6) is 0. The minimum Gasteiger partial charge on any atom is -0.324 e. The molecule has 2 aromatic rings. The Kier molecular flexibility index (Phi) is 2.07. The fraction of sp³-hybridized carbons (Fsp3) is 0.308. The molecule has 82 valence electrons. The zero-order chi connectivity index (χ0) is 11.1. The van der Waals surface area contributed by atoms with Gasteiger partial charge in [-0.25, -0.2) is 0 Å². The lowest BCUT2D eigenvalue weighted by molar-refractivity contribution is 0.672. The van der Waals surface area contributed by atoms with Gasteiger partial charge in [0, 0.05) is 29.9 Å². The number of rotatable bonds is 1. The number of fused-ring (bicyclic) bond motifs is 1. The van der Waals surface area contributed by atoms with E-state index in [9.17, 15) is 0 Å². The molecule has 0 spiro atoms. The van der Waals surface area contributed by atoms with Gasteiger partial charge >= 0.3 is 0 Å². The van der Waals surface area contributed by atoms with Crippen LogP contribution in [0.2, 0.25) is 0 Å². The fourth-order valence-electron chi connectivity index (χ4n) is 2.51. The van der Waals surface area contributed by atoms with Crippen LogP contribution in [0.15, 0.2) is 30.3 Å². The van der Waals surface area contributed by atoms with Crippen molar-refractivity contribution in [1.82, 2.24) is 9.78 Å². The Hall–Kier alpha value is -1.61. The van der Waals surface area contributed by atoms with Crippen LogP contribution in [0.1, 0.15) is 23.7 Å². The Labute approximate surface area is 94.9 Å². The monoisotopic (exact) mass is 213 g/mol. The fourth-order valence-corrected chi connectivity index (χ4v) is 2.51. The van der Waals surface area contributed by atoms with Gasteiger partial charge in [-0.05, 0) is 12.8 Å². The molecule has 16 heavy (non-hydrogen) atoms. The van der Waals surface area contributed by atoms with Crippen LogP contribution < -0.4 is 5.73 Å². The van der Waals surface area contributed by atoms with Crippen molar-refractivity contribution in [2.24, 2.45) is 12.8 Å². The summed E-state index contributed by atoms with van der Waals surface area (Å²) in [5.41, 5.74) is 10.9. The molecule has 0 bridgehead atoms. The molecule has 0 radical (unpaired) electrons. The summed E-state index contributed by atoms with van der Waals surface area (Å²) in [6.45, 7) is 0. The molecule has 0 amide bonds. The summed E-state index contributed by atoms with van der Waals surface area (Å²) in [6.07, 6.45) is 2.09. The van der Waals surface area contributed by atoms with Crippen LogP contribution in [0.25, 0.3) is 11.3 Å². The molecule has 1 aromatic carbocycles. The number of hydrogen-bond acceptors (Lipinski definition) is 2. The molecule has 1 aliphatic carbocycles. The van der Waals surface area contributed by atoms with Crippen molar-refractivity contribution in [3.05, 3.63) is 41.6 Å². The first-order valence-electron chi connectivity index (χ1n) is 5.64. The van der Waals surface area contributed by atoms with Gasteiger partial charge in [0.15, 0.2) is 0 Å². The van der Waals surface area contributed by atoms with Crippen LogP contribution >= 0.6 is 0 Å². The minimum absolute atomic E-state index is 0.152. The average molecular weight is 213 g/mol. The molecule has 1 atom stereocenters. The highest BCUT2D eigenvalue weighted by molar-refractivity contribution is 5.65. The standard InChI is InChI=1S/C13H15N3/c1-16-11-8-7-10(14)12(11)13(15-16)9-5-3-2-4-6-9/h2-6,10H,7-8,14H2,1H3. The molecule has 3 heteroatoms. The molecule has 1 unspecified atom stereocenters. The van der Waals surface area contributed by atoms with Crippen molar-refractivity contribution in [2.75, 3.05) is 0 Å². The quantitative estimate of drug-likeness (QED) is 0.787. The highest BCUT2D eigenvalue weighted by Crippen LogP contribution is 2.36. The van der Waals surface area contributed by atoms with Crippen molar-refractivity contribution in [1.29, 1.82) is 0 Å². The van der Waals surface area contributed by atoms with Crippen LogP contribution in [0.5, 0.6) is 0 Å². The number of aromatic nitrogens is 2. The van der Waals surface area contributed by atoms with Gasteiger partial charge in [-0.2, -0.15) is 5.10 Å². The smallest absolute Gasteiger partial charge is 0.0973 e. The molecule has 2 N–H and O–H groups in total. The largest absolute Gasteiger partial charge is 0.324 e. The first-order chi connectivity index (χ1) is 7.77. The van der Waals surface area contributed by atoms with Crippen molar-refractivity contribution >= 4 is 0 Å². The van der Waals surface area contributed by atoms with Crippen molar-refractivity contribution in [3.63, 3.8) is 0 Å². The summed E-state index contributed by atoms with van der Waals surface area (Å²) in [7, 11) is 2.00. The van der Waals surface area contributed by atoms with Crippen LogP contribution in [-0.4, -0.2) is 9.78 Å². The normalized spacial score (nSPS) is 18.8. The van der Waals surface area contributed by atoms with Crippen molar-refractivity contribution in [3.8, 4) is 11.3 Å². The zero-order valence-electron chi connectivity index (χ0n) is 9.35. The molecule has 0 aliphatic heterocycles. The highest BCUT2D eigenvalue weighted by Gasteiger charge is 2.27. The second-order valence-corrected chi connectivity index (χ2v) is 4.34. The maximum atomic E-state index is 6.14. The maximum absolute atomic E-state index is 6.14. The second kappa shape index (κ2) is 3.46. The van der Waals surface area contributed by atoms with Crippen LogP contribution in [-0.2, 0) is 13.5 Å². The average Bonchev–Trinajstić information content (AvgIpc) is 2.83. The van der Waals surface area contributed by atoms with Gasteiger partial charge in [0.2, 0.25) is 0 Å². The van der Waals surface area contributed by atoms with Crippen molar-refractivity contribution < 1.29 is 0 Å².